The Morgan fingerprint density at radius 3 is 2.58 bits per heavy atom. The van der Waals surface area contributed by atoms with E-state index in [1.54, 1.807) is 12.3 Å². The minimum absolute atomic E-state index is 0.0266. The quantitative estimate of drug-likeness (QED) is 0.928. The number of carbonyl (C=O) groups excluding carboxylic acids is 1. The molecule has 1 aliphatic heterocycles. The van der Waals surface area contributed by atoms with Gasteiger partial charge in [0.25, 0.3) is 11.5 Å². The van der Waals surface area contributed by atoms with Gasteiger partial charge in [-0.15, -0.1) is 0 Å². The lowest BCUT2D eigenvalue weighted by molar-refractivity contribution is 0.0931. The molecular weight excluding hydrogens is 304 g/mol. The first-order valence-corrected chi connectivity index (χ1v) is 8.35. The third-order valence-corrected chi connectivity index (χ3v) is 4.39. The van der Waals surface area contributed by atoms with Crippen LogP contribution in [0.25, 0.3) is 0 Å². The first-order valence-electron chi connectivity index (χ1n) is 8.35. The van der Waals surface area contributed by atoms with E-state index in [1.807, 2.05) is 37.3 Å². The van der Waals surface area contributed by atoms with Crippen molar-refractivity contribution in [3.05, 3.63) is 58.5 Å². The van der Waals surface area contributed by atoms with Crippen LogP contribution < -0.4 is 15.8 Å². The monoisotopic (exact) mass is 326 g/mol. The summed E-state index contributed by atoms with van der Waals surface area (Å²) in [5, 5.41) is 7.26. The third-order valence-electron chi connectivity index (χ3n) is 4.39. The molecule has 0 atom stereocenters. The summed E-state index contributed by atoms with van der Waals surface area (Å²) in [5.41, 5.74) is 1.47. The van der Waals surface area contributed by atoms with Gasteiger partial charge >= 0.3 is 0 Å². The van der Waals surface area contributed by atoms with E-state index in [4.69, 9.17) is 0 Å². The lowest BCUT2D eigenvalue weighted by Gasteiger charge is -2.33. The topological polar surface area (TPSA) is 67.2 Å². The fourth-order valence-corrected chi connectivity index (χ4v) is 2.97. The van der Waals surface area contributed by atoms with Gasteiger partial charge in [0, 0.05) is 37.3 Å². The molecule has 1 aromatic heterocycles. The lowest BCUT2D eigenvalue weighted by Crippen LogP contribution is -2.45. The van der Waals surface area contributed by atoms with Gasteiger partial charge in [-0.1, -0.05) is 18.2 Å². The van der Waals surface area contributed by atoms with Crippen molar-refractivity contribution in [2.24, 2.45) is 0 Å². The number of anilines is 1. The normalized spacial score (nSPS) is 15.3. The summed E-state index contributed by atoms with van der Waals surface area (Å²) in [6.45, 7) is 4.08. The fourth-order valence-electron chi connectivity index (χ4n) is 2.97. The molecule has 1 N–H and O–H groups in total. The zero-order chi connectivity index (χ0) is 16.9. The van der Waals surface area contributed by atoms with Gasteiger partial charge in [-0.3, -0.25) is 9.59 Å². The van der Waals surface area contributed by atoms with E-state index in [-0.39, 0.29) is 17.5 Å². The molecule has 24 heavy (non-hydrogen) atoms. The summed E-state index contributed by atoms with van der Waals surface area (Å²) in [6, 6.07) is 11.1. The first kappa shape index (κ1) is 16.2. The van der Waals surface area contributed by atoms with Gasteiger partial charge < -0.3 is 10.2 Å². The van der Waals surface area contributed by atoms with Crippen LogP contribution in [0.5, 0.6) is 0 Å². The summed E-state index contributed by atoms with van der Waals surface area (Å²) in [7, 11) is 0. The summed E-state index contributed by atoms with van der Waals surface area (Å²) in [6.07, 6.45) is 3.46. The Bertz CT molecular complexity index is 749. The predicted molar refractivity (Wildman–Crippen MR) is 93.3 cm³/mol. The SMILES string of the molecule is CCn1ncc(N2CCC(NC(=O)c3ccccc3)CC2)cc1=O. The van der Waals surface area contributed by atoms with Crippen molar-refractivity contribution >= 4 is 11.6 Å². The number of nitrogens with zero attached hydrogens (tertiary/aromatic N) is 3. The molecule has 126 valence electrons. The number of aryl methyl sites for hydroxylation is 1. The summed E-state index contributed by atoms with van der Waals surface area (Å²) in [5.74, 6) is -0.0266. The van der Waals surface area contributed by atoms with Crippen LogP contribution in [-0.4, -0.2) is 34.8 Å². The van der Waals surface area contributed by atoms with E-state index >= 15 is 0 Å². The number of nitrogens with one attached hydrogen (secondary N) is 1. The zero-order valence-electron chi connectivity index (χ0n) is 13.8. The van der Waals surface area contributed by atoms with E-state index in [0.717, 1.165) is 31.6 Å². The maximum Gasteiger partial charge on any atom is 0.268 e. The number of benzene rings is 1. The van der Waals surface area contributed by atoms with Gasteiger partial charge in [0.1, 0.15) is 0 Å². The van der Waals surface area contributed by atoms with Crippen LogP contribution in [0.3, 0.4) is 0 Å². The standard InChI is InChI=1S/C18H22N4O2/c1-2-22-17(23)12-16(13-19-22)21-10-8-15(9-11-21)20-18(24)14-6-4-3-5-7-14/h3-7,12-13,15H,2,8-11H2,1H3,(H,20,24). The summed E-state index contributed by atoms with van der Waals surface area (Å²) < 4.78 is 1.44. The molecular formula is C18H22N4O2. The zero-order valence-corrected chi connectivity index (χ0v) is 13.8. The second kappa shape index (κ2) is 7.29. The number of hydrogen-bond donors (Lipinski definition) is 1. The molecule has 1 aliphatic rings. The van der Waals surface area contributed by atoms with Crippen molar-refractivity contribution in [3.63, 3.8) is 0 Å². The highest BCUT2D eigenvalue weighted by molar-refractivity contribution is 5.94. The van der Waals surface area contributed by atoms with Crippen LogP contribution in [0.4, 0.5) is 5.69 Å². The Kier molecular flexibility index (Phi) is 4.93. The predicted octanol–water partition coefficient (Wildman–Crippen LogP) is 1.66. The Balaban J connectivity index is 1.57. The molecule has 2 aromatic rings. The molecule has 0 bridgehead atoms. The molecule has 1 fully saturated rings. The van der Waals surface area contributed by atoms with E-state index in [9.17, 15) is 9.59 Å². The van der Waals surface area contributed by atoms with Gasteiger partial charge in [-0.2, -0.15) is 5.10 Å². The van der Waals surface area contributed by atoms with Crippen LogP contribution in [-0.2, 0) is 6.54 Å². The molecule has 1 amide bonds. The Morgan fingerprint density at radius 1 is 1.25 bits per heavy atom. The highest BCUT2D eigenvalue weighted by Gasteiger charge is 2.21. The minimum Gasteiger partial charge on any atom is -0.370 e. The van der Waals surface area contributed by atoms with E-state index in [0.29, 0.717) is 12.1 Å². The molecule has 0 unspecified atom stereocenters. The maximum absolute atomic E-state index is 12.2. The molecule has 2 heterocycles. The van der Waals surface area contributed by atoms with Gasteiger partial charge in [0.15, 0.2) is 0 Å². The van der Waals surface area contributed by atoms with Gasteiger partial charge in [0.2, 0.25) is 0 Å². The van der Waals surface area contributed by atoms with Crippen LogP contribution in [0.2, 0.25) is 0 Å². The van der Waals surface area contributed by atoms with E-state index in [1.165, 1.54) is 4.68 Å². The summed E-state index contributed by atoms with van der Waals surface area (Å²) >= 11 is 0. The average molecular weight is 326 g/mol. The largest absolute Gasteiger partial charge is 0.370 e. The average Bonchev–Trinajstić information content (AvgIpc) is 2.63. The molecule has 0 saturated carbocycles. The number of rotatable bonds is 4. The molecule has 6 heteroatoms. The molecule has 0 aliphatic carbocycles. The van der Waals surface area contributed by atoms with Crippen molar-refractivity contribution in [2.75, 3.05) is 18.0 Å². The third kappa shape index (κ3) is 3.64. The van der Waals surface area contributed by atoms with Crippen molar-refractivity contribution in [1.82, 2.24) is 15.1 Å². The van der Waals surface area contributed by atoms with Crippen molar-refractivity contribution in [2.45, 2.75) is 32.4 Å². The highest BCUT2D eigenvalue weighted by Crippen LogP contribution is 2.18. The molecule has 0 radical (unpaired) electrons. The number of aromatic nitrogens is 2. The second-order valence-corrected chi connectivity index (χ2v) is 5.97. The molecule has 6 nitrogen and oxygen atoms in total. The molecule has 1 saturated heterocycles. The first-order chi connectivity index (χ1) is 11.7. The molecule has 1 aromatic carbocycles. The maximum atomic E-state index is 12.2. The number of hydrogen-bond acceptors (Lipinski definition) is 4. The van der Waals surface area contributed by atoms with Crippen LogP contribution >= 0.6 is 0 Å². The van der Waals surface area contributed by atoms with Crippen molar-refractivity contribution in [3.8, 4) is 0 Å². The van der Waals surface area contributed by atoms with Crippen molar-refractivity contribution in [1.29, 1.82) is 0 Å². The Hall–Kier alpha value is -2.63. The lowest BCUT2D eigenvalue weighted by atomic mass is 10.0. The van der Waals surface area contributed by atoms with Gasteiger partial charge in [-0.05, 0) is 31.9 Å². The number of amides is 1. The molecule has 3 rings (SSSR count). The van der Waals surface area contributed by atoms with E-state index < -0.39 is 0 Å². The van der Waals surface area contributed by atoms with Crippen LogP contribution in [0, 0.1) is 0 Å². The number of carbonyl (C=O) groups is 1. The van der Waals surface area contributed by atoms with Gasteiger partial charge in [0.05, 0.1) is 11.9 Å². The minimum atomic E-state index is -0.0745. The van der Waals surface area contributed by atoms with E-state index in [2.05, 4.69) is 15.3 Å². The van der Waals surface area contributed by atoms with Crippen LogP contribution in [0.15, 0.2) is 47.4 Å². The highest BCUT2D eigenvalue weighted by atomic mass is 16.1. The smallest absolute Gasteiger partial charge is 0.268 e. The second-order valence-electron chi connectivity index (χ2n) is 5.97. The Labute approximate surface area is 141 Å². The summed E-state index contributed by atoms with van der Waals surface area (Å²) in [4.78, 5) is 26.3. The van der Waals surface area contributed by atoms with Gasteiger partial charge in [-0.25, -0.2) is 4.68 Å². The fraction of sp³-hybridized carbons (Fsp3) is 0.389. The molecule has 0 spiro atoms. The number of piperidine rings is 1. The van der Waals surface area contributed by atoms with Crippen LogP contribution in [0.1, 0.15) is 30.1 Å². The van der Waals surface area contributed by atoms with Crippen molar-refractivity contribution < 1.29 is 4.79 Å². The Morgan fingerprint density at radius 2 is 1.96 bits per heavy atom.